The summed E-state index contributed by atoms with van der Waals surface area (Å²) >= 11 is 1.71. The Kier molecular flexibility index (Phi) is 7.99. The molecule has 0 bridgehead atoms. The average molecular weight is 342 g/mol. The number of aryl methyl sites for hydroxylation is 1. The number of nitrogens with zero attached hydrogens (tertiary/aromatic N) is 1. The number of aromatic nitrogens is 1. The smallest absolute Gasteiger partial charge is 0.407 e. The number of amides is 1. The molecule has 0 aromatic carbocycles. The van der Waals surface area contributed by atoms with Gasteiger partial charge in [-0.05, 0) is 46.1 Å². The molecule has 0 aliphatic carbocycles. The highest BCUT2D eigenvalue weighted by atomic mass is 32.1. The van der Waals surface area contributed by atoms with Crippen LogP contribution in [0.4, 0.5) is 4.79 Å². The van der Waals surface area contributed by atoms with Gasteiger partial charge in [0, 0.05) is 30.6 Å². The van der Waals surface area contributed by atoms with Crippen LogP contribution in [-0.2, 0) is 11.2 Å². The van der Waals surface area contributed by atoms with Crippen molar-refractivity contribution in [1.29, 1.82) is 0 Å². The van der Waals surface area contributed by atoms with E-state index in [4.69, 9.17) is 4.74 Å². The van der Waals surface area contributed by atoms with Gasteiger partial charge >= 0.3 is 6.09 Å². The van der Waals surface area contributed by atoms with Crippen LogP contribution in [0.1, 0.15) is 45.3 Å². The minimum Gasteiger partial charge on any atom is -0.444 e. The molecule has 1 rings (SSSR count). The summed E-state index contributed by atoms with van der Waals surface area (Å²) < 4.78 is 5.28. The van der Waals surface area contributed by atoms with E-state index in [0.717, 1.165) is 25.2 Å². The maximum atomic E-state index is 11.7. The van der Waals surface area contributed by atoms with Gasteiger partial charge in [0.25, 0.3) is 0 Å². The second-order valence-electron chi connectivity index (χ2n) is 7.22. The van der Waals surface area contributed by atoms with Crippen molar-refractivity contribution in [1.82, 2.24) is 15.6 Å². The molecule has 1 atom stereocenters. The van der Waals surface area contributed by atoms with Crippen LogP contribution >= 0.6 is 11.3 Å². The van der Waals surface area contributed by atoms with Crippen LogP contribution in [0.3, 0.4) is 0 Å². The number of rotatable bonds is 8. The first kappa shape index (κ1) is 19.9. The summed E-state index contributed by atoms with van der Waals surface area (Å²) in [6.07, 6.45) is 0.601. The number of hydrogen-bond donors (Lipinski definition) is 2. The largest absolute Gasteiger partial charge is 0.444 e. The van der Waals surface area contributed by atoms with Gasteiger partial charge in [-0.2, -0.15) is 0 Å². The fourth-order valence-electron chi connectivity index (χ4n) is 2.07. The molecular weight excluding hydrogens is 310 g/mol. The predicted molar refractivity (Wildman–Crippen MR) is 96.0 cm³/mol. The Morgan fingerprint density at radius 2 is 2.04 bits per heavy atom. The maximum absolute atomic E-state index is 11.7. The van der Waals surface area contributed by atoms with Crippen LogP contribution < -0.4 is 10.6 Å². The van der Waals surface area contributed by atoms with E-state index in [-0.39, 0.29) is 6.09 Å². The summed E-state index contributed by atoms with van der Waals surface area (Å²) in [6.45, 7) is 14.4. The van der Waals surface area contributed by atoms with Crippen LogP contribution in [0.5, 0.6) is 0 Å². The molecule has 132 valence electrons. The van der Waals surface area contributed by atoms with Crippen molar-refractivity contribution in [3.8, 4) is 0 Å². The molecule has 5 nitrogen and oxygen atoms in total. The van der Waals surface area contributed by atoms with E-state index in [9.17, 15) is 4.79 Å². The van der Waals surface area contributed by atoms with Crippen molar-refractivity contribution in [2.24, 2.45) is 11.8 Å². The van der Waals surface area contributed by atoms with Crippen molar-refractivity contribution >= 4 is 17.4 Å². The summed E-state index contributed by atoms with van der Waals surface area (Å²) in [7, 11) is 0. The average Bonchev–Trinajstić information content (AvgIpc) is 2.81. The molecule has 6 heteroatoms. The first-order chi connectivity index (χ1) is 10.7. The molecule has 0 spiro atoms. The van der Waals surface area contributed by atoms with E-state index in [1.807, 2.05) is 27.7 Å². The predicted octanol–water partition coefficient (Wildman–Crippen LogP) is 3.38. The number of thiazole rings is 1. The van der Waals surface area contributed by atoms with Gasteiger partial charge in [0.05, 0.1) is 5.01 Å². The lowest BCUT2D eigenvalue weighted by Crippen LogP contribution is -2.39. The standard InChI is InChI=1S/C17H31N3O2S/c1-12(2)14(10-19-16(21)22-17(4,5)6)9-18-8-7-15-20-13(3)11-23-15/h11-12,14,18H,7-10H2,1-6H3,(H,19,21). The lowest BCUT2D eigenvalue weighted by molar-refractivity contribution is 0.0515. The van der Waals surface area contributed by atoms with Crippen molar-refractivity contribution < 1.29 is 9.53 Å². The summed E-state index contributed by atoms with van der Waals surface area (Å²) in [5, 5.41) is 9.59. The Morgan fingerprint density at radius 1 is 1.35 bits per heavy atom. The minimum absolute atomic E-state index is 0.346. The van der Waals surface area contributed by atoms with Gasteiger partial charge in [-0.15, -0.1) is 11.3 Å². The second-order valence-corrected chi connectivity index (χ2v) is 8.17. The van der Waals surface area contributed by atoms with E-state index in [1.54, 1.807) is 11.3 Å². The molecule has 0 saturated carbocycles. The zero-order valence-corrected chi connectivity index (χ0v) is 16.0. The molecule has 1 unspecified atom stereocenters. The van der Waals surface area contributed by atoms with Crippen LogP contribution in [0, 0.1) is 18.8 Å². The second kappa shape index (κ2) is 9.23. The lowest BCUT2D eigenvalue weighted by atomic mass is 9.96. The topological polar surface area (TPSA) is 63.2 Å². The van der Waals surface area contributed by atoms with Gasteiger partial charge < -0.3 is 15.4 Å². The highest BCUT2D eigenvalue weighted by molar-refractivity contribution is 7.09. The molecule has 0 saturated heterocycles. The Hall–Kier alpha value is -1.14. The van der Waals surface area contributed by atoms with Gasteiger partial charge in [0.2, 0.25) is 0 Å². The van der Waals surface area contributed by atoms with E-state index in [2.05, 4.69) is 34.8 Å². The van der Waals surface area contributed by atoms with Crippen molar-refractivity contribution in [3.63, 3.8) is 0 Å². The fourth-order valence-corrected chi connectivity index (χ4v) is 2.85. The van der Waals surface area contributed by atoms with Crippen molar-refractivity contribution in [2.75, 3.05) is 19.6 Å². The summed E-state index contributed by atoms with van der Waals surface area (Å²) in [6, 6.07) is 0. The Bertz CT molecular complexity index is 480. The third-order valence-electron chi connectivity index (χ3n) is 3.44. The lowest BCUT2D eigenvalue weighted by Gasteiger charge is -2.24. The number of carbonyl (C=O) groups excluding carboxylic acids is 1. The highest BCUT2D eigenvalue weighted by Gasteiger charge is 2.18. The minimum atomic E-state index is -0.457. The van der Waals surface area contributed by atoms with Gasteiger partial charge in [-0.1, -0.05) is 13.8 Å². The van der Waals surface area contributed by atoms with Crippen molar-refractivity contribution in [2.45, 2.75) is 53.6 Å². The molecule has 1 aromatic rings. The van der Waals surface area contributed by atoms with Crippen LogP contribution in [0.2, 0.25) is 0 Å². The SMILES string of the molecule is Cc1csc(CCNCC(CNC(=O)OC(C)(C)C)C(C)C)n1. The van der Waals surface area contributed by atoms with Gasteiger partial charge in [0.15, 0.2) is 0 Å². The molecular formula is C17H31N3O2S. The van der Waals surface area contributed by atoms with Crippen LogP contribution in [-0.4, -0.2) is 36.3 Å². The molecule has 0 radical (unpaired) electrons. The number of ether oxygens (including phenoxy) is 1. The molecule has 0 aliphatic heterocycles. The van der Waals surface area contributed by atoms with E-state index in [0.29, 0.717) is 18.4 Å². The van der Waals surface area contributed by atoms with E-state index < -0.39 is 5.60 Å². The first-order valence-electron chi connectivity index (χ1n) is 8.26. The number of carbonyl (C=O) groups is 1. The molecule has 0 fully saturated rings. The summed E-state index contributed by atoms with van der Waals surface area (Å²) in [5.41, 5.74) is 0.633. The van der Waals surface area contributed by atoms with Gasteiger partial charge in [-0.25, -0.2) is 9.78 Å². The fraction of sp³-hybridized carbons (Fsp3) is 0.765. The third kappa shape index (κ3) is 8.91. The zero-order valence-electron chi connectivity index (χ0n) is 15.2. The van der Waals surface area contributed by atoms with Crippen LogP contribution in [0.15, 0.2) is 5.38 Å². The quantitative estimate of drug-likeness (QED) is 0.712. The van der Waals surface area contributed by atoms with Gasteiger partial charge in [0.1, 0.15) is 5.60 Å². The molecule has 1 aromatic heterocycles. The molecule has 1 amide bonds. The maximum Gasteiger partial charge on any atom is 0.407 e. The Balaban J connectivity index is 2.27. The van der Waals surface area contributed by atoms with E-state index in [1.165, 1.54) is 5.01 Å². The zero-order chi connectivity index (χ0) is 17.5. The van der Waals surface area contributed by atoms with E-state index >= 15 is 0 Å². The van der Waals surface area contributed by atoms with Gasteiger partial charge in [-0.3, -0.25) is 0 Å². The normalized spacial score (nSPS) is 13.2. The summed E-state index contributed by atoms with van der Waals surface area (Å²) in [4.78, 5) is 16.2. The number of nitrogens with one attached hydrogen (secondary N) is 2. The monoisotopic (exact) mass is 341 g/mol. The number of hydrogen-bond acceptors (Lipinski definition) is 5. The number of alkyl carbamates (subject to hydrolysis) is 1. The van der Waals surface area contributed by atoms with Crippen LogP contribution in [0.25, 0.3) is 0 Å². The Labute approximate surface area is 144 Å². The van der Waals surface area contributed by atoms with Crippen molar-refractivity contribution in [3.05, 3.63) is 16.1 Å². The third-order valence-corrected chi connectivity index (χ3v) is 4.47. The molecule has 23 heavy (non-hydrogen) atoms. The first-order valence-corrected chi connectivity index (χ1v) is 9.14. The molecule has 2 N–H and O–H groups in total. The summed E-state index contributed by atoms with van der Waals surface area (Å²) in [5.74, 6) is 0.861. The molecule has 1 heterocycles. The highest BCUT2D eigenvalue weighted by Crippen LogP contribution is 2.11. The Morgan fingerprint density at radius 3 is 2.57 bits per heavy atom. The molecule has 0 aliphatic rings.